The van der Waals surface area contributed by atoms with Crippen LogP contribution in [0.5, 0.6) is 0 Å². The molecule has 6 heteroatoms. The number of benzene rings is 1. The average Bonchev–Trinajstić information content (AvgIpc) is 2.87. The molecule has 0 spiro atoms. The Bertz CT molecular complexity index is 551. The van der Waals surface area contributed by atoms with Crippen molar-refractivity contribution in [2.75, 3.05) is 13.2 Å². The van der Waals surface area contributed by atoms with Crippen LogP contribution in [0.25, 0.3) is 0 Å². The Morgan fingerprint density at radius 2 is 1.67 bits per heavy atom. The monoisotopic (exact) mass is 332 g/mol. The summed E-state index contributed by atoms with van der Waals surface area (Å²) < 4.78 is 4.90. The smallest absolute Gasteiger partial charge is 0.325 e. The number of nitrogens with one attached hydrogen (secondary N) is 2. The third-order valence-corrected chi connectivity index (χ3v) is 4.01. The van der Waals surface area contributed by atoms with Crippen LogP contribution in [0.1, 0.15) is 48.9 Å². The number of esters is 1. The number of amides is 2. The van der Waals surface area contributed by atoms with Crippen LogP contribution in [0.3, 0.4) is 0 Å². The predicted molar refractivity (Wildman–Crippen MR) is 89.4 cm³/mol. The lowest BCUT2D eigenvalue weighted by Gasteiger charge is -2.16. The first-order chi connectivity index (χ1) is 11.6. The zero-order chi connectivity index (χ0) is 17.2. The number of hydrogen-bond donors (Lipinski definition) is 2. The van der Waals surface area contributed by atoms with Crippen molar-refractivity contribution in [3.8, 4) is 0 Å². The number of carbonyl (C=O) groups is 3. The van der Waals surface area contributed by atoms with E-state index >= 15 is 0 Å². The second-order valence-electron chi connectivity index (χ2n) is 5.97. The lowest BCUT2D eigenvalue weighted by atomic mass is 10.1. The summed E-state index contributed by atoms with van der Waals surface area (Å²) in [5.41, 5.74) is 0.469. The van der Waals surface area contributed by atoms with Gasteiger partial charge in [-0.3, -0.25) is 14.4 Å². The van der Waals surface area contributed by atoms with Crippen LogP contribution in [0.15, 0.2) is 30.3 Å². The minimum absolute atomic E-state index is 0.177. The molecule has 2 rings (SSSR count). The first kappa shape index (κ1) is 18.0. The molecule has 0 aliphatic heterocycles. The molecule has 24 heavy (non-hydrogen) atoms. The molecule has 1 aromatic carbocycles. The zero-order valence-corrected chi connectivity index (χ0v) is 13.8. The van der Waals surface area contributed by atoms with E-state index in [0.717, 1.165) is 25.7 Å². The largest absolute Gasteiger partial charge is 0.454 e. The fourth-order valence-corrected chi connectivity index (χ4v) is 2.73. The van der Waals surface area contributed by atoms with Gasteiger partial charge in [-0.25, -0.2) is 0 Å². The molecule has 1 fully saturated rings. The van der Waals surface area contributed by atoms with Crippen LogP contribution < -0.4 is 10.6 Å². The van der Waals surface area contributed by atoms with Crippen LogP contribution in [-0.4, -0.2) is 37.0 Å². The Kier molecular flexibility index (Phi) is 7.26. The van der Waals surface area contributed by atoms with Gasteiger partial charge in [-0.1, -0.05) is 43.9 Å². The molecule has 2 amide bonds. The maximum absolute atomic E-state index is 11.8. The summed E-state index contributed by atoms with van der Waals surface area (Å²) in [7, 11) is 0. The maximum atomic E-state index is 11.8. The van der Waals surface area contributed by atoms with Crippen molar-refractivity contribution in [1.29, 1.82) is 0 Å². The average molecular weight is 332 g/mol. The van der Waals surface area contributed by atoms with Gasteiger partial charge in [0.15, 0.2) is 6.61 Å². The van der Waals surface area contributed by atoms with Crippen molar-refractivity contribution in [2.24, 2.45) is 0 Å². The quantitative estimate of drug-likeness (QED) is 0.614. The number of carbonyl (C=O) groups excluding carboxylic acids is 3. The van der Waals surface area contributed by atoms with Gasteiger partial charge in [-0.2, -0.15) is 0 Å². The molecule has 1 aromatic rings. The van der Waals surface area contributed by atoms with Crippen molar-refractivity contribution in [3.63, 3.8) is 0 Å². The Labute approximate surface area is 142 Å². The van der Waals surface area contributed by atoms with Crippen LogP contribution in [0, 0.1) is 0 Å². The lowest BCUT2D eigenvalue weighted by Crippen LogP contribution is -2.38. The fourth-order valence-electron chi connectivity index (χ4n) is 2.73. The number of ether oxygens (including phenoxy) is 1. The summed E-state index contributed by atoms with van der Waals surface area (Å²) in [6.45, 7) is -0.568. The van der Waals surface area contributed by atoms with Gasteiger partial charge in [0, 0.05) is 11.6 Å². The van der Waals surface area contributed by atoms with Crippen LogP contribution >= 0.6 is 0 Å². The van der Waals surface area contributed by atoms with E-state index in [2.05, 4.69) is 10.6 Å². The molecule has 1 aliphatic carbocycles. The van der Waals surface area contributed by atoms with E-state index in [1.807, 2.05) is 0 Å². The second kappa shape index (κ2) is 9.70. The first-order valence-corrected chi connectivity index (χ1v) is 8.43. The van der Waals surface area contributed by atoms with Crippen LogP contribution in [0.4, 0.5) is 0 Å². The summed E-state index contributed by atoms with van der Waals surface area (Å²) in [5, 5.41) is 5.37. The molecule has 0 radical (unpaired) electrons. The minimum Gasteiger partial charge on any atom is -0.454 e. The zero-order valence-electron chi connectivity index (χ0n) is 13.8. The van der Waals surface area contributed by atoms with Gasteiger partial charge in [0.25, 0.3) is 11.8 Å². The summed E-state index contributed by atoms with van der Waals surface area (Å²) in [6, 6.07) is 8.77. The third-order valence-electron chi connectivity index (χ3n) is 4.01. The van der Waals surface area contributed by atoms with Gasteiger partial charge in [0.1, 0.15) is 6.54 Å². The Morgan fingerprint density at radius 3 is 2.33 bits per heavy atom. The molecule has 0 heterocycles. The molecule has 0 saturated heterocycles. The molecule has 0 atom stereocenters. The van der Waals surface area contributed by atoms with Crippen molar-refractivity contribution < 1.29 is 19.1 Å². The minimum atomic E-state index is -0.629. The van der Waals surface area contributed by atoms with Crippen molar-refractivity contribution in [3.05, 3.63) is 35.9 Å². The molecule has 2 N–H and O–H groups in total. The molecule has 130 valence electrons. The van der Waals surface area contributed by atoms with E-state index in [9.17, 15) is 14.4 Å². The van der Waals surface area contributed by atoms with Crippen molar-refractivity contribution in [2.45, 2.75) is 44.6 Å². The standard InChI is InChI=1S/C18H24N2O4/c21-16(20-15-10-6-1-2-7-11-15)13-24-17(22)12-19-18(23)14-8-4-3-5-9-14/h3-5,8-9,15H,1-2,6-7,10-13H2,(H,19,23)(H,20,21). The molecule has 1 aliphatic rings. The summed E-state index contributed by atoms with van der Waals surface area (Å²) in [5.74, 6) is -1.27. The highest BCUT2D eigenvalue weighted by Crippen LogP contribution is 2.16. The topological polar surface area (TPSA) is 84.5 Å². The molecule has 0 unspecified atom stereocenters. The van der Waals surface area contributed by atoms with E-state index in [4.69, 9.17) is 4.74 Å². The van der Waals surface area contributed by atoms with E-state index < -0.39 is 5.97 Å². The summed E-state index contributed by atoms with van der Waals surface area (Å²) >= 11 is 0. The third kappa shape index (κ3) is 6.40. The van der Waals surface area contributed by atoms with Gasteiger partial charge >= 0.3 is 5.97 Å². The Hall–Kier alpha value is -2.37. The van der Waals surface area contributed by atoms with E-state index in [1.54, 1.807) is 30.3 Å². The predicted octanol–water partition coefficient (Wildman–Crippen LogP) is 1.80. The van der Waals surface area contributed by atoms with E-state index in [-0.39, 0.29) is 31.0 Å². The van der Waals surface area contributed by atoms with Gasteiger partial charge < -0.3 is 15.4 Å². The van der Waals surface area contributed by atoms with Crippen LogP contribution in [0.2, 0.25) is 0 Å². The highest BCUT2D eigenvalue weighted by molar-refractivity contribution is 5.96. The Balaban J connectivity index is 1.63. The molecule has 6 nitrogen and oxygen atoms in total. The molecule has 0 aromatic heterocycles. The fraction of sp³-hybridized carbons (Fsp3) is 0.500. The maximum Gasteiger partial charge on any atom is 0.325 e. The van der Waals surface area contributed by atoms with Gasteiger partial charge in [-0.05, 0) is 25.0 Å². The lowest BCUT2D eigenvalue weighted by molar-refractivity contribution is -0.147. The number of hydrogen-bond acceptors (Lipinski definition) is 4. The van der Waals surface area contributed by atoms with Gasteiger partial charge in [-0.15, -0.1) is 0 Å². The Morgan fingerprint density at radius 1 is 1.00 bits per heavy atom. The van der Waals surface area contributed by atoms with Gasteiger partial charge in [0.05, 0.1) is 0 Å². The molecular weight excluding hydrogens is 308 g/mol. The first-order valence-electron chi connectivity index (χ1n) is 8.43. The van der Waals surface area contributed by atoms with Crippen LogP contribution in [-0.2, 0) is 14.3 Å². The normalized spacial score (nSPS) is 15.2. The SMILES string of the molecule is O=C(COC(=O)CNC(=O)c1ccccc1)NC1CCCCCC1. The molecule has 0 bridgehead atoms. The summed E-state index contributed by atoms with van der Waals surface area (Å²) in [4.78, 5) is 35.2. The second-order valence-corrected chi connectivity index (χ2v) is 5.97. The molecule has 1 saturated carbocycles. The molecular formula is C18H24N2O4. The highest BCUT2D eigenvalue weighted by Gasteiger charge is 2.16. The number of rotatable bonds is 6. The van der Waals surface area contributed by atoms with E-state index in [1.165, 1.54) is 12.8 Å². The van der Waals surface area contributed by atoms with Crippen molar-refractivity contribution >= 4 is 17.8 Å². The summed E-state index contributed by atoms with van der Waals surface area (Å²) in [6.07, 6.45) is 6.62. The van der Waals surface area contributed by atoms with E-state index in [0.29, 0.717) is 5.56 Å². The van der Waals surface area contributed by atoms with Crippen molar-refractivity contribution in [1.82, 2.24) is 10.6 Å². The highest BCUT2D eigenvalue weighted by atomic mass is 16.5. The van der Waals surface area contributed by atoms with Gasteiger partial charge in [0.2, 0.25) is 0 Å².